The molecule has 0 aliphatic carbocycles. The summed E-state index contributed by atoms with van der Waals surface area (Å²) in [5, 5.41) is 0. The van der Waals surface area contributed by atoms with E-state index in [1.54, 1.807) is 11.8 Å². The quantitative estimate of drug-likeness (QED) is 0.743. The molecule has 4 heteroatoms. The molecule has 0 spiro atoms. The first kappa shape index (κ1) is 13.6. The van der Waals surface area contributed by atoms with Gasteiger partial charge >= 0.3 is 0 Å². The Bertz CT molecular complexity index is 237. The molecular weight excluding hydrogens is 220 g/mol. The zero-order valence-electron chi connectivity index (χ0n) is 10.0. The highest BCUT2D eigenvalue weighted by molar-refractivity contribution is 7.98. The van der Waals surface area contributed by atoms with Gasteiger partial charge < -0.3 is 10.6 Å². The maximum atomic E-state index is 12.0. The van der Waals surface area contributed by atoms with Crippen molar-refractivity contribution in [2.75, 3.05) is 25.1 Å². The van der Waals surface area contributed by atoms with Gasteiger partial charge in [-0.3, -0.25) is 4.79 Å². The van der Waals surface area contributed by atoms with Gasteiger partial charge in [0.15, 0.2) is 0 Å². The Morgan fingerprint density at radius 3 is 2.75 bits per heavy atom. The molecule has 0 unspecified atom stereocenters. The largest absolute Gasteiger partial charge is 0.341 e. The van der Waals surface area contributed by atoms with Crippen molar-refractivity contribution in [3.63, 3.8) is 0 Å². The molecule has 1 fully saturated rings. The number of amides is 1. The predicted octanol–water partition coefficient (Wildman–Crippen LogP) is 1.49. The average molecular weight is 242 g/mol. The second-order valence-electron chi connectivity index (χ2n) is 4.29. The van der Waals surface area contributed by atoms with Gasteiger partial charge in [0.2, 0.25) is 5.91 Å². The Morgan fingerprint density at radius 1 is 1.62 bits per heavy atom. The highest BCUT2D eigenvalue weighted by atomic mass is 32.2. The molecule has 2 N–H and O–H groups in total. The number of hydrogen-bond donors (Lipinski definition) is 1. The summed E-state index contributed by atoms with van der Waals surface area (Å²) in [6.45, 7) is 5.47. The molecule has 1 atom stereocenters. The van der Waals surface area contributed by atoms with E-state index in [4.69, 9.17) is 5.73 Å². The highest BCUT2D eigenvalue weighted by Gasteiger charge is 2.24. The number of likely N-dealkylation sites (tertiary alicyclic amines) is 1. The third kappa shape index (κ3) is 3.83. The highest BCUT2D eigenvalue weighted by Crippen LogP contribution is 2.18. The second-order valence-corrected chi connectivity index (χ2v) is 5.27. The summed E-state index contributed by atoms with van der Waals surface area (Å²) in [4.78, 5) is 13.9. The van der Waals surface area contributed by atoms with Crippen LogP contribution in [0.1, 0.15) is 19.3 Å². The summed E-state index contributed by atoms with van der Waals surface area (Å²) in [5.41, 5.74) is 5.88. The van der Waals surface area contributed by atoms with Crippen LogP contribution < -0.4 is 5.73 Å². The maximum absolute atomic E-state index is 12.0. The van der Waals surface area contributed by atoms with Crippen molar-refractivity contribution in [1.82, 2.24) is 4.90 Å². The van der Waals surface area contributed by atoms with Crippen LogP contribution in [-0.4, -0.2) is 41.9 Å². The summed E-state index contributed by atoms with van der Waals surface area (Å²) in [6, 6.07) is -0.312. The van der Waals surface area contributed by atoms with Gasteiger partial charge in [0.05, 0.1) is 6.04 Å². The zero-order chi connectivity index (χ0) is 12.0. The molecule has 1 saturated heterocycles. The third-order valence-corrected chi connectivity index (χ3v) is 3.78. The van der Waals surface area contributed by atoms with E-state index >= 15 is 0 Å². The van der Waals surface area contributed by atoms with Crippen LogP contribution in [0.25, 0.3) is 0 Å². The van der Waals surface area contributed by atoms with E-state index in [0.717, 1.165) is 38.1 Å². The van der Waals surface area contributed by atoms with Gasteiger partial charge in [0.1, 0.15) is 0 Å². The fourth-order valence-electron chi connectivity index (χ4n) is 1.96. The van der Waals surface area contributed by atoms with Gasteiger partial charge in [-0.05, 0) is 37.2 Å². The minimum atomic E-state index is -0.312. The summed E-state index contributed by atoms with van der Waals surface area (Å²) in [5.74, 6) is 1.65. The fourth-order valence-corrected chi connectivity index (χ4v) is 2.45. The molecule has 1 aliphatic heterocycles. The first-order chi connectivity index (χ1) is 7.69. The Labute approximate surface area is 102 Å². The van der Waals surface area contributed by atoms with E-state index in [1.165, 1.54) is 0 Å². The molecule has 92 valence electrons. The summed E-state index contributed by atoms with van der Waals surface area (Å²) in [7, 11) is 0. The smallest absolute Gasteiger partial charge is 0.239 e. The Kier molecular flexibility index (Phi) is 5.91. The lowest BCUT2D eigenvalue weighted by Gasteiger charge is -2.32. The lowest BCUT2D eigenvalue weighted by molar-refractivity contribution is -0.133. The van der Waals surface area contributed by atoms with E-state index in [-0.39, 0.29) is 11.9 Å². The van der Waals surface area contributed by atoms with Crippen LogP contribution in [0.4, 0.5) is 0 Å². The number of nitrogens with two attached hydrogens (primary N) is 1. The molecular formula is C12H22N2OS. The van der Waals surface area contributed by atoms with Crippen LogP contribution in [0.3, 0.4) is 0 Å². The molecule has 1 heterocycles. The van der Waals surface area contributed by atoms with Crippen molar-refractivity contribution in [3.8, 4) is 0 Å². The molecule has 3 nitrogen and oxygen atoms in total. The molecule has 16 heavy (non-hydrogen) atoms. The number of carbonyl (C=O) groups excluding carboxylic acids is 1. The minimum absolute atomic E-state index is 0.122. The number of nitrogens with zero attached hydrogens (tertiary/aromatic N) is 1. The van der Waals surface area contributed by atoms with E-state index in [1.807, 2.05) is 17.2 Å². The van der Waals surface area contributed by atoms with Crippen molar-refractivity contribution in [3.05, 3.63) is 12.7 Å². The van der Waals surface area contributed by atoms with E-state index in [2.05, 4.69) is 6.58 Å². The fraction of sp³-hybridized carbons (Fsp3) is 0.750. The van der Waals surface area contributed by atoms with Gasteiger partial charge in [0, 0.05) is 13.1 Å². The zero-order valence-corrected chi connectivity index (χ0v) is 10.8. The average Bonchev–Trinajstić information content (AvgIpc) is 2.35. The lowest BCUT2D eigenvalue weighted by atomic mass is 9.96. The molecule has 0 saturated carbocycles. The summed E-state index contributed by atoms with van der Waals surface area (Å²) >= 11 is 1.73. The van der Waals surface area contributed by atoms with E-state index in [9.17, 15) is 4.79 Å². The van der Waals surface area contributed by atoms with Crippen LogP contribution in [0.5, 0.6) is 0 Å². The second kappa shape index (κ2) is 6.97. The third-order valence-electron chi connectivity index (χ3n) is 3.13. The number of allylic oxidation sites excluding steroid dienone is 1. The van der Waals surface area contributed by atoms with Crippen LogP contribution in [0, 0.1) is 5.92 Å². The Hall–Kier alpha value is -0.480. The van der Waals surface area contributed by atoms with Crippen molar-refractivity contribution in [2.45, 2.75) is 25.3 Å². The predicted molar refractivity (Wildman–Crippen MR) is 70.5 cm³/mol. The number of rotatable bonds is 5. The van der Waals surface area contributed by atoms with Gasteiger partial charge in [-0.1, -0.05) is 6.08 Å². The van der Waals surface area contributed by atoms with Crippen molar-refractivity contribution in [1.29, 1.82) is 0 Å². The van der Waals surface area contributed by atoms with E-state index < -0.39 is 0 Å². The summed E-state index contributed by atoms with van der Waals surface area (Å²) < 4.78 is 0. The van der Waals surface area contributed by atoms with Crippen molar-refractivity contribution < 1.29 is 4.79 Å². The van der Waals surface area contributed by atoms with Gasteiger partial charge in [-0.2, -0.15) is 11.8 Å². The minimum Gasteiger partial charge on any atom is -0.341 e. The first-order valence-electron chi connectivity index (χ1n) is 5.85. The molecule has 0 aromatic rings. The molecule has 0 aromatic heterocycles. The Morgan fingerprint density at radius 2 is 2.25 bits per heavy atom. The van der Waals surface area contributed by atoms with Crippen LogP contribution in [0.15, 0.2) is 12.7 Å². The van der Waals surface area contributed by atoms with Gasteiger partial charge in [0.25, 0.3) is 0 Å². The monoisotopic (exact) mass is 242 g/mol. The van der Waals surface area contributed by atoms with Crippen LogP contribution >= 0.6 is 11.8 Å². The molecule has 1 aliphatic rings. The SMILES string of the molecule is C=CC1CCN(C(=O)[C@@H](N)CCSC)CC1. The topological polar surface area (TPSA) is 46.3 Å². The number of carbonyl (C=O) groups is 1. The summed E-state index contributed by atoms with van der Waals surface area (Å²) in [6.07, 6.45) is 6.87. The standard InChI is InChI=1S/C12H22N2OS/c1-3-10-4-7-14(8-5-10)12(15)11(13)6-9-16-2/h3,10-11H,1,4-9,13H2,2H3/t11-/m0/s1. The van der Waals surface area contributed by atoms with Crippen LogP contribution in [0.2, 0.25) is 0 Å². The molecule has 0 bridgehead atoms. The number of thioether (sulfide) groups is 1. The first-order valence-corrected chi connectivity index (χ1v) is 7.24. The van der Waals surface area contributed by atoms with Gasteiger partial charge in [-0.25, -0.2) is 0 Å². The van der Waals surface area contributed by atoms with Crippen LogP contribution in [-0.2, 0) is 4.79 Å². The number of piperidine rings is 1. The van der Waals surface area contributed by atoms with E-state index in [0.29, 0.717) is 5.92 Å². The number of hydrogen-bond acceptors (Lipinski definition) is 3. The lowest BCUT2D eigenvalue weighted by Crippen LogP contribution is -2.47. The normalized spacial score (nSPS) is 19.5. The van der Waals surface area contributed by atoms with Crippen molar-refractivity contribution in [2.24, 2.45) is 11.7 Å². The molecule has 1 rings (SSSR count). The van der Waals surface area contributed by atoms with Crippen molar-refractivity contribution >= 4 is 17.7 Å². The Balaban J connectivity index is 2.34. The maximum Gasteiger partial charge on any atom is 0.239 e. The molecule has 0 radical (unpaired) electrons. The van der Waals surface area contributed by atoms with Gasteiger partial charge in [-0.15, -0.1) is 6.58 Å². The molecule has 0 aromatic carbocycles. The molecule has 1 amide bonds.